The summed E-state index contributed by atoms with van der Waals surface area (Å²) in [6.07, 6.45) is 3.32. The zero-order valence-corrected chi connectivity index (χ0v) is 14.3. The van der Waals surface area contributed by atoms with E-state index >= 15 is 0 Å². The maximum Gasteiger partial charge on any atom is 0.160 e. The highest BCUT2D eigenvalue weighted by atomic mass is 16.5. The maximum atomic E-state index is 6.28. The molecule has 0 amide bonds. The van der Waals surface area contributed by atoms with Gasteiger partial charge in [-0.2, -0.15) is 0 Å². The maximum absolute atomic E-state index is 6.28. The summed E-state index contributed by atoms with van der Waals surface area (Å²) in [7, 11) is 3.35. The van der Waals surface area contributed by atoms with Crippen molar-refractivity contribution in [3.05, 3.63) is 23.8 Å². The van der Waals surface area contributed by atoms with Gasteiger partial charge in [0, 0.05) is 25.2 Å². The molecule has 1 saturated heterocycles. The Morgan fingerprint density at radius 3 is 2.59 bits per heavy atom. The summed E-state index contributed by atoms with van der Waals surface area (Å²) < 4.78 is 10.7. The number of piperidine rings is 1. The van der Waals surface area contributed by atoms with Crippen molar-refractivity contribution >= 4 is 0 Å². The van der Waals surface area contributed by atoms with Gasteiger partial charge in [0.25, 0.3) is 0 Å². The van der Waals surface area contributed by atoms with Crippen molar-refractivity contribution < 1.29 is 9.47 Å². The molecule has 1 aromatic carbocycles. The predicted molar refractivity (Wildman–Crippen MR) is 90.7 cm³/mol. The van der Waals surface area contributed by atoms with Crippen LogP contribution in [-0.2, 0) is 6.42 Å². The van der Waals surface area contributed by atoms with Crippen LogP contribution in [0, 0.1) is 5.92 Å². The molecule has 0 radical (unpaired) electrons. The molecule has 1 aliphatic rings. The second-order valence-electron chi connectivity index (χ2n) is 6.47. The van der Waals surface area contributed by atoms with Crippen LogP contribution in [0.4, 0.5) is 0 Å². The summed E-state index contributed by atoms with van der Waals surface area (Å²) in [6.45, 7) is 6.70. The molecular formula is C18H30N2O2. The third kappa shape index (κ3) is 4.14. The Labute approximate surface area is 134 Å². The van der Waals surface area contributed by atoms with Crippen LogP contribution in [-0.4, -0.2) is 44.3 Å². The smallest absolute Gasteiger partial charge is 0.160 e. The minimum absolute atomic E-state index is 0.285. The van der Waals surface area contributed by atoms with Gasteiger partial charge in [0.1, 0.15) is 0 Å². The molecule has 3 atom stereocenters. The second-order valence-corrected chi connectivity index (χ2v) is 6.47. The topological polar surface area (TPSA) is 47.7 Å². The SMILES string of the molecule is CCC(C)N1CC(N)CC(Cc2ccc(OC)c(OC)c2)C1. The first-order chi connectivity index (χ1) is 10.6. The van der Waals surface area contributed by atoms with Gasteiger partial charge in [-0.05, 0) is 49.8 Å². The van der Waals surface area contributed by atoms with Gasteiger partial charge in [-0.15, -0.1) is 0 Å². The molecule has 4 nitrogen and oxygen atoms in total. The van der Waals surface area contributed by atoms with Crippen molar-refractivity contribution in [2.24, 2.45) is 11.7 Å². The molecule has 0 spiro atoms. The van der Waals surface area contributed by atoms with Gasteiger partial charge in [0.15, 0.2) is 11.5 Å². The zero-order chi connectivity index (χ0) is 16.1. The minimum atomic E-state index is 0.285. The molecule has 0 bridgehead atoms. The van der Waals surface area contributed by atoms with E-state index in [0.29, 0.717) is 12.0 Å². The Kier molecular flexibility index (Phi) is 6.09. The molecule has 2 N–H and O–H groups in total. The van der Waals surface area contributed by atoms with Gasteiger partial charge in [0.05, 0.1) is 14.2 Å². The molecule has 22 heavy (non-hydrogen) atoms. The molecule has 124 valence electrons. The molecule has 4 heteroatoms. The number of nitrogens with two attached hydrogens (primary N) is 1. The fraction of sp³-hybridized carbons (Fsp3) is 0.667. The van der Waals surface area contributed by atoms with Gasteiger partial charge in [-0.25, -0.2) is 0 Å². The van der Waals surface area contributed by atoms with Crippen molar-refractivity contribution in [2.75, 3.05) is 27.3 Å². The minimum Gasteiger partial charge on any atom is -0.493 e. The summed E-state index contributed by atoms with van der Waals surface area (Å²) in [6, 6.07) is 7.11. The fourth-order valence-corrected chi connectivity index (χ4v) is 3.39. The van der Waals surface area contributed by atoms with Crippen molar-refractivity contribution in [2.45, 2.75) is 45.2 Å². The summed E-state index contributed by atoms with van der Waals surface area (Å²) >= 11 is 0. The molecule has 2 rings (SSSR count). The highest BCUT2D eigenvalue weighted by Gasteiger charge is 2.27. The standard InChI is InChI=1S/C18H30N2O2/c1-5-13(2)20-11-15(9-16(19)12-20)8-14-6-7-17(21-3)18(10-14)22-4/h6-7,10,13,15-16H,5,8-9,11-12,19H2,1-4H3. The highest BCUT2D eigenvalue weighted by molar-refractivity contribution is 5.43. The second kappa shape index (κ2) is 7.84. The van der Waals surface area contributed by atoms with Crippen LogP contribution in [0.5, 0.6) is 11.5 Å². The first kappa shape index (κ1) is 17.1. The van der Waals surface area contributed by atoms with Gasteiger partial charge in [-0.3, -0.25) is 4.90 Å². The summed E-state index contributed by atoms with van der Waals surface area (Å²) in [5.41, 5.74) is 7.57. The lowest BCUT2D eigenvalue weighted by Gasteiger charge is -2.39. The normalized spacial score (nSPS) is 24.0. The van der Waals surface area contributed by atoms with E-state index in [9.17, 15) is 0 Å². The quantitative estimate of drug-likeness (QED) is 0.878. The molecule has 3 unspecified atom stereocenters. The lowest BCUT2D eigenvalue weighted by molar-refractivity contribution is 0.114. The number of rotatable bonds is 6. The van der Waals surface area contributed by atoms with E-state index in [1.807, 2.05) is 6.07 Å². The van der Waals surface area contributed by atoms with Crippen LogP contribution >= 0.6 is 0 Å². The Bertz CT molecular complexity index is 478. The van der Waals surface area contributed by atoms with Crippen LogP contribution in [0.2, 0.25) is 0 Å². The first-order valence-corrected chi connectivity index (χ1v) is 8.27. The molecule has 1 fully saturated rings. The van der Waals surface area contributed by atoms with Gasteiger partial charge >= 0.3 is 0 Å². The van der Waals surface area contributed by atoms with E-state index in [0.717, 1.165) is 37.4 Å². The van der Waals surface area contributed by atoms with Crippen LogP contribution in [0.15, 0.2) is 18.2 Å². The lowest BCUT2D eigenvalue weighted by Crippen LogP contribution is -2.50. The molecule has 0 saturated carbocycles. The number of hydrogen-bond acceptors (Lipinski definition) is 4. The van der Waals surface area contributed by atoms with E-state index in [4.69, 9.17) is 15.2 Å². The van der Waals surface area contributed by atoms with Crippen LogP contribution in [0.3, 0.4) is 0 Å². The average molecular weight is 306 g/mol. The summed E-state index contributed by atoms with van der Waals surface area (Å²) in [5.74, 6) is 2.20. The monoisotopic (exact) mass is 306 g/mol. The van der Waals surface area contributed by atoms with Gasteiger partial charge in [0.2, 0.25) is 0 Å². The largest absolute Gasteiger partial charge is 0.493 e. The molecule has 1 aliphatic heterocycles. The van der Waals surface area contributed by atoms with Crippen molar-refractivity contribution in [1.82, 2.24) is 4.90 Å². The van der Waals surface area contributed by atoms with E-state index in [1.54, 1.807) is 14.2 Å². The molecule has 0 aliphatic carbocycles. The van der Waals surface area contributed by atoms with Crippen molar-refractivity contribution in [3.63, 3.8) is 0 Å². The van der Waals surface area contributed by atoms with E-state index < -0.39 is 0 Å². The Hall–Kier alpha value is -1.26. The van der Waals surface area contributed by atoms with Crippen molar-refractivity contribution in [1.29, 1.82) is 0 Å². The van der Waals surface area contributed by atoms with Crippen LogP contribution in [0.25, 0.3) is 0 Å². The van der Waals surface area contributed by atoms with Crippen molar-refractivity contribution in [3.8, 4) is 11.5 Å². The summed E-state index contributed by atoms with van der Waals surface area (Å²) in [4.78, 5) is 2.54. The van der Waals surface area contributed by atoms with Crippen LogP contribution in [0.1, 0.15) is 32.3 Å². The first-order valence-electron chi connectivity index (χ1n) is 8.27. The number of nitrogens with zero attached hydrogens (tertiary/aromatic N) is 1. The van der Waals surface area contributed by atoms with E-state index in [2.05, 4.69) is 30.9 Å². The van der Waals surface area contributed by atoms with E-state index in [1.165, 1.54) is 12.0 Å². The van der Waals surface area contributed by atoms with Gasteiger partial charge < -0.3 is 15.2 Å². The number of hydrogen-bond donors (Lipinski definition) is 1. The lowest BCUT2D eigenvalue weighted by atomic mass is 9.88. The average Bonchev–Trinajstić information content (AvgIpc) is 2.53. The fourth-order valence-electron chi connectivity index (χ4n) is 3.39. The van der Waals surface area contributed by atoms with E-state index in [-0.39, 0.29) is 6.04 Å². The number of benzene rings is 1. The van der Waals surface area contributed by atoms with Crippen LogP contribution < -0.4 is 15.2 Å². The zero-order valence-electron chi connectivity index (χ0n) is 14.3. The van der Waals surface area contributed by atoms with Gasteiger partial charge in [-0.1, -0.05) is 13.0 Å². The molecule has 0 aromatic heterocycles. The summed E-state index contributed by atoms with van der Waals surface area (Å²) in [5, 5.41) is 0. The Balaban J connectivity index is 2.06. The number of likely N-dealkylation sites (tertiary alicyclic amines) is 1. The molecular weight excluding hydrogens is 276 g/mol. The number of methoxy groups -OCH3 is 2. The highest BCUT2D eigenvalue weighted by Crippen LogP contribution is 2.30. The molecule has 1 aromatic rings. The number of ether oxygens (including phenoxy) is 2. The predicted octanol–water partition coefficient (Wildman–Crippen LogP) is 2.69. The molecule has 1 heterocycles. The Morgan fingerprint density at radius 1 is 1.23 bits per heavy atom. The third-order valence-corrected chi connectivity index (χ3v) is 4.78. The third-order valence-electron chi connectivity index (χ3n) is 4.78. The Morgan fingerprint density at radius 2 is 1.95 bits per heavy atom.